The van der Waals surface area contributed by atoms with Crippen LogP contribution in [0.2, 0.25) is 5.02 Å². The molecule has 4 heteroatoms. The van der Waals surface area contributed by atoms with E-state index in [0.29, 0.717) is 0 Å². The van der Waals surface area contributed by atoms with Crippen molar-refractivity contribution in [2.75, 3.05) is 0 Å². The Hall–Kier alpha value is -1.61. The minimum atomic E-state index is -0.0601. The first-order valence-corrected chi connectivity index (χ1v) is 8.87. The first-order valence-electron chi connectivity index (χ1n) is 8.11. The summed E-state index contributed by atoms with van der Waals surface area (Å²) in [5, 5.41) is 1.62. The molecule has 0 saturated heterocycles. The maximum absolute atomic E-state index is 6.18. The Kier molecular flexibility index (Phi) is 5.40. The van der Waals surface area contributed by atoms with E-state index in [1.807, 2.05) is 43.5 Å². The van der Waals surface area contributed by atoms with Gasteiger partial charge in [0.05, 0.1) is 5.69 Å². The van der Waals surface area contributed by atoms with E-state index >= 15 is 0 Å². The summed E-state index contributed by atoms with van der Waals surface area (Å²) in [5.41, 5.74) is 11.4. The number of pyridine rings is 1. The minimum Gasteiger partial charge on any atom is -0.324 e. The van der Waals surface area contributed by atoms with Crippen LogP contribution in [0.1, 0.15) is 43.5 Å². The summed E-state index contributed by atoms with van der Waals surface area (Å²) in [7, 11) is 0. The van der Waals surface area contributed by atoms with Gasteiger partial charge in [0.25, 0.3) is 0 Å². The number of nitrogens with two attached hydrogens (primary N) is 1. The van der Waals surface area contributed by atoms with E-state index < -0.39 is 0 Å². The molecule has 1 aliphatic rings. The van der Waals surface area contributed by atoms with Gasteiger partial charge in [-0.05, 0) is 67.2 Å². The lowest BCUT2D eigenvalue weighted by atomic mass is 9.94. The van der Waals surface area contributed by atoms with Crippen molar-refractivity contribution in [3.8, 4) is 11.1 Å². The van der Waals surface area contributed by atoms with E-state index in [-0.39, 0.29) is 6.04 Å². The zero-order valence-corrected chi connectivity index (χ0v) is 15.1. The molecule has 2 aromatic rings. The SMILES string of the molecule is CC(N)c1cnc(C2=CC=C(Cl)CCC2)c(-c2ccc(Cl)cc2)c1. The fraction of sp³-hybridized carbons (Fsp3) is 0.250. The molecule has 1 aromatic carbocycles. The average molecular weight is 359 g/mol. The molecule has 0 aliphatic heterocycles. The smallest absolute Gasteiger partial charge is 0.0740 e. The quantitative estimate of drug-likeness (QED) is 0.718. The highest BCUT2D eigenvalue weighted by molar-refractivity contribution is 6.30. The minimum absolute atomic E-state index is 0.0601. The van der Waals surface area contributed by atoms with E-state index in [1.165, 1.54) is 5.57 Å². The summed E-state index contributed by atoms with van der Waals surface area (Å²) in [4.78, 5) is 4.74. The van der Waals surface area contributed by atoms with Crippen molar-refractivity contribution in [3.05, 3.63) is 70.0 Å². The van der Waals surface area contributed by atoms with Gasteiger partial charge in [-0.3, -0.25) is 4.98 Å². The second-order valence-electron chi connectivity index (χ2n) is 6.12. The molecular weight excluding hydrogens is 339 g/mol. The lowest BCUT2D eigenvalue weighted by molar-refractivity contribution is 0.810. The summed E-state index contributed by atoms with van der Waals surface area (Å²) < 4.78 is 0. The van der Waals surface area contributed by atoms with Crippen LogP contribution in [-0.2, 0) is 0 Å². The van der Waals surface area contributed by atoms with Gasteiger partial charge < -0.3 is 5.73 Å². The fourth-order valence-corrected chi connectivity index (χ4v) is 3.16. The zero-order valence-electron chi connectivity index (χ0n) is 13.6. The first kappa shape index (κ1) is 17.2. The van der Waals surface area contributed by atoms with E-state index in [4.69, 9.17) is 33.9 Å². The highest BCUT2D eigenvalue weighted by atomic mass is 35.5. The molecule has 2 nitrogen and oxygen atoms in total. The molecule has 3 rings (SSSR count). The van der Waals surface area contributed by atoms with Gasteiger partial charge in [-0.1, -0.05) is 41.4 Å². The number of hydrogen-bond acceptors (Lipinski definition) is 2. The summed E-state index contributed by atoms with van der Waals surface area (Å²) in [6, 6.07) is 9.92. The standard InChI is InChI=1S/C20H20Cl2N2/c1-13(23)16-11-19(14-5-8-18(22)9-6-14)20(24-12-16)15-3-2-4-17(21)10-7-15/h5-13H,2-4,23H2,1H3. The molecule has 1 aliphatic carbocycles. The molecule has 0 spiro atoms. The van der Waals surface area contributed by atoms with Crippen LogP contribution >= 0.6 is 23.2 Å². The molecule has 0 saturated carbocycles. The van der Waals surface area contributed by atoms with Crippen molar-refractivity contribution < 1.29 is 0 Å². The van der Waals surface area contributed by atoms with Crippen LogP contribution in [0.3, 0.4) is 0 Å². The lowest BCUT2D eigenvalue weighted by Crippen LogP contribution is -2.07. The number of rotatable bonds is 3. The van der Waals surface area contributed by atoms with Crippen LogP contribution in [0.4, 0.5) is 0 Å². The van der Waals surface area contributed by atoms with Crippen molar-refractivity contribution in [2.45, 2.75) is 32.2 Å². The second-order valence-corrected chi connectivity index (χ2v) is 7.04. The van der Waals surface area contributed by atoms with Crippen molar-refractivity contribution in [2.24, 2.45) is 5.73 Å². The molecule has 2 N–H and O–H groups in total. The molecule has 124 valence electrons. The Morgan fingerprint density at radius 3 is 2.54 bits per heavy atom. The molecule has 24 heavy (non-hydrogen) atoms. The maximum atomic E-state index is 6.18. The summed E-state index contributed by atoms with van der Waals surface area (Å²) in [5.74, 6) is 0. The predicted molar refractivity (Wildman–Crippen MR) is 103 cm³/mol. The third kappa shape index (κ3) is 3.89. The van der Waals surface area contributed by atoms with Gasteiger partial charge >= 0.3 is 0 Å². The number of benzene rings is 1. The van der Waals surface area contributed by atoms with Gasteiger partial charge in [0.2, 0.25) is 0 Å². The highest BCUT2D eigenvalue weighted by Crippen LogP contribution is 2.34. The second kappa shape index (κ2) is 7.52. The molecule has 0 amide bonds. The summed E-state index contributed by atoms with van der Waals surface area (Å²) in [6.45, 7) is 1.97. The molecule has 0 bridgehead atoms. The molecule has 1 atom stereocenters. The van der Waals surface area contributed by atoms with E-state index in [2.05, 4.69) is 12.1 Å². The number of hydrogen-bond donors (Lipinski definition) is 1. The molecule has 1 heterocycles. The number of aromatic nitrogens is 1. The Labute approximate surface area is 153 Å². The molecule has 1 unspecified atom stereocenters. The molecule has 0 fully saturated rings. The number of allylic oxidation sites excluding steroid dienone is 4. The van der Waals surface area contributed by atoms with Crippen LogP contribution in [0.25, 0.3) is 16.7 Å². The Bertz CT molecular complexity index is 790. The maximum Gasteiger partial charge on any atom is 0.0740 e. The predicted octanol–water partition coefficient (Wildman–Crippen LogP) is 6.11. The molecule has 1 aromatic heterocycles. The third-order valence-electron chi connectivity index (χ3n) is 4.22. The van der Waals surface area contributed by atoms with E-state index in [1.54, 1.807) is 0 Å². The molecular formula is C20H20Cl2N2. The fourth-order valence-electron chi connectivity index (χ4n) is 2.84. The van der Waals surface area contributed by atoms with Gasteiger partial charge in [0, 0.05) is 27.9 Å². The van der Waals surface area contributed by atoms with Crippen molar-refractivity contribution in [1.82, 2.24) is 4.98 Å². The first-order chi connectivity index (χ1) is 11.5. The Balaban J connectivity index is 2.13. The topological polar surface area (TPSA) is 38.9 Å². The van der Waals surface area contributed by atoms with Crippen LogP contribution < -0.4 is 5.73 Å². The van der Waals surface area contributed by atoms with Crippen molar-refractivity contribution in [1.29, 1.82) is 0 Å². The normalized spacial score (nSPS) is 16.2. The van der Waals surface area contributed by atoms with Crippen LogP contribution in [-0.4, -0.2) is 4.98 Å². The van der Waals surface area contributed by atoms with Gasteiger partial charge in [-0.2, -0.15) is 0 Å². The average Bonchev–Trinajstić information content (AvgIpc) is 2.79. The van der Waals surface area contributed by atoms with Crippen LogP contribution in [0.5, 0.6) is 0 Å². The van der Waals surface area contributed by atoms with Crippen molar-refractivity contribution >= 4 is 28.8 Å². The van der Waals surface area contributed by atoms with Gasteiger partial charge in [-0.15, -0.1) is 0 Å². The van der Waals surface area contributed by atoms with E-state index in [9.17, 15) is 0 Å². The lowest BCUT2D eigenvalue weighted by Gasteiger charge is -2.15. The van der Waals surface area contributed by atoms with Crippen molar-refractivity contribution in [3.63, 3.8) is 0 Å². The van der Waals surface area contributed by atoms with E-state index in [0.717, 1.165) is 51.7 Å². The van der Waals surface area contributed by atoms with Gasteiger partial charge in [0.1, 0.15) is 0 Å². The zero-order chi connectivity index (χ0) is 17.1. The largest absolute Gasteiger partial charge is 0.324 e. The number of nitrogens with zero attached hydrogens (tertiary/aromatic N) is 1. The Morgan fingerprint density at radius 1 is 1.08 bits per heavy atom. The Morgan fingerprint density at radius 2 is 1.83 bits per heavy atom. The van der Waals surface area contributed by atoms with Crippen LogP contribution in [0, 0.1) is 0 Å². The van der Waals surface area contributed by atoms with Gasteiger partial charge in [-0.25, -0.2) is 0 Å². The molecule has 0 radical (unpaired) electrons. The highest BCUT2D eigenvalue weighted by Gasteiger charge is 2.15. The number of halogens is 2. The third-order valence-corrected chi connectivity index (χ3v) is 4.79. The monoisotopic (exact) mass is 358 g/mol. The van der Waals surface area contributed by atoms with Crippen LogP contribution in [0.15, 0.2) is 53.7 Å². The van der Waals surface area contributed by atoms with Gasteiger partial charge in [0.15, 0.2) is 0 Å². The summed E-state index contributed by atoms with van der Waals surface area (Å²) in [6.07, 6.45) is 8.83. The summed E-state index contributed by atoms with van der Waals surface area (Å²) >= 11 is 12.2.